The molecule has 32 heavy (non-hydrogen) atoms. The number of benzene rings is 1. The number of thioether (sulfide) groups is 1. The molecule has 0 radical (unpaired) electrons. The number of allylic oxidation sites excluding steroid dienone is 1. The molecule has 0 bridgehead atoms. The highest BCUT2D eigenvalue weighted by Crippen LogP contribution is 2.39. The normalized spacial score (nSPS) is 16.8. The summed E-state index contributed by atoms with van der Waals surface area (Å²) >= 11 is 3.13. The molecule has 1 aliphatic carbocycles. The minimum Gasteiger partial charge on any atom is -0.419 e. The topological polar surface area (TPSA) is 73.8 Å². The maximum absolute atomic E-state index is 13.5. The number of hydrogen-bond acceptors (Lipinski definition) is 7. The van der Waals surface area contributed by atoms with Crippen LogP contribution in [0.3, 0.4) is 0 Å². The molecular weight excluding hydrogens is 440 g/mol. The van der Waals surface area contributed by atoms with Gasteiger partial charge < -0.3 is 4.42 Å². The van der Waals surface area contributed by atoms with Crippen molar-refractivity contribution in [3.8, 4) is 11.5 Å². The molecule has 0 aliphatic heterocycles. The Morgan fingerprint density at radius 2 is 2.16 bits per heavy atom. The fourth-order valence-electron chi connectivity index (χ4n) is 4.09. The van der Waals surface area contributed by atoms with Crippen molar-refractivity contribution in [3.05, 3.63) is 69.7 Å². The summed E-state index contributed by atoms with van der Waals surface area (Å²) < 4.78 is 7.64. The van der Waals surface area contributed by atoms with Gasteiger partial charge in [-0.05, 0) is 49.8 Å². The van der Waals surface area contributed by atoms with E-state index in [0.717, 1.165) is 35.0 Å². The van der Waals surface area contributed by atoms with E-state index in [0.29, 0.717) is 29.4 Å². The van der Waals surface area contributed by atoms with Crippen molar-refractivity contribution < 1.29 is 4.42 Å². The first kappa shape index (κ1) is 21.2. The summed E-state index contributed by atoms with van der Waals surface area (Å²) in [6.45, 7) is 8.52. The van der Waals surface area contributed by atoms with Gasteiger partial charge in [-0.3, -0.25) is 9.36 Å². The van der Waals surface area contributed by atoms with Crippen LogP contribution in [0.2, 0.25) is 0 Å². The maximum atomic E-state index is 13.5. The molecule has 2 unspecified atom stereocenters. The molecule has 164 valence electrons. The van der Waals surface area contributed by atoms with E-state index in [1.807, 2.05) is 37.3 Å². The van der Waals surface area contributed by atoms with E-state index in [9.17, 15) is 4.79 Å². The summed E-state index contributed by atoms with van der Waals surface area (Å²) in [6.07, 6.45) is 4.84. The van der Waals surface area contributed by atoms with Crippen LogP contribution in [0.4, 0.5) is 0 Å². The van der Waals surface area contributed by atoms with Gasteiger partial charge in [0.15, 0.2) is 5.16 Å². The number of fused-ring (bicyclic) bond motifs is 3. The van der Waals surface area contributed by atoms with E-state index in [1.54, 1.807) is 22.0 Å². The van der Waals surface area contributed by atoms with Crippen LogP contribution in [0.25, 0.3) is 21.7 Å². The Labute approximate surface area is 194 Å². The van der Waals surface area contributed by atoms with Crippen LogP contribution in [0.1, 0.15) is 41.8 Å². The van der Waals surface area contributed by atoms with E-state index < -0.39 is 0 Å². The van der Waals surface area contributed by atoms with Gasteiger partial charge in [0.1, 0.15) is 4.83 Å². The van der Waals surface area contributed by atoms with Gasteiger partial charge in [0.05, 0.1) is 10.6 Å². The Balaban J connectivity index is 1.51. The molecule has 3 aromatic heterocycles. The summed E-state index contributed by atoms with van der Waals surface area (Å²) in [5, 5.41) is 9.72. The first-order chi connectivity index (χ1) is 15.5. The predicted molar refractivity (Wildman–Crippen MR) is 129 cm³/mol. The first-order valence-electron chi connectivity index (χ1n) is 10.8. The summed E-state index contributed by atoms with van der Waals surface area (Å²) in [6, 6.07) is 9.69. The summed E-state index contributed by atoms with van der Waals surface area (Å²) in [4.78, 5) is 20.5. The summed E-state index contributed by atoms with van der Waals surface area (Å²) in [5.74, 6) is 1.64. The Morgan fingerprint density at radius 3 is 2.94 bits per heavy atom. The van der Waals surface area contributed by atoms with E-state index in [4.69, 9.17) is 9.40 Å². The van der Waals surface area contributed by atoms with Crippen LogP contribution < -0.4 is 5.56 Å². The predicted octanol–water partition coefficient (Wildman–Crippen LogP) is 5.67. The molecule has 1 aromatic carbocycles. The highest BCUT2D eigenvalue weighted by molar-refractivity contribution is 7.99. The van der Waals surface area contributed by atoms with Crippen LogP contribution in [0, 0.1) is 5.92 Å². The average molecular weight is 465 g/mol. The Hall–Kier alpha value is -2.71. The molecule has 0 spiro atoms. The van der Waals surface area contributed by atoms with Gasteiger partial charge in [0.25, 0.3) is 5.56 Å². The number of thiophene rings is 1. The van der Waals surface area contributed by atoms with Gasteiger partial charge in [-0.2, -0.15) is 0 Å². The van der Waals surface area contributed by atoms with Crippen molar-refractivity contribution in [2.24, 2.45) is 5.92 Å². The molecule has 3 heterocycles. The zero-order valence-electron chi connectivity index (χ0n) is 18.1. The Morgan fingerprint density at radius 1 is 1.34 bits per heavy atom. The SMILES string of the molecule is C=CCn1c(SC(C)c2nnc(-c3ccccc3)o2)nc2sc3c(c2c1=O)CCC(C)C3. The van der Waals surface area contributed by atoms with Crippen molar-refractivity contribution in [1.82, 2.24) is 19.7 Å². The molecule has 0 saturated heterocycles. The van der Waals surface area contributed by atoms with Crippen LogP contribution in [-0.2, 0) is 19.4 Å². The molecule has 0 fully saturated rings. The van der Waals surface area contributed by atoms with Gasteiger partial charge in [-0.1, -0.05) is 43.0 Å². The lowest BCUT2D eigenvalue weighted by molar-refractivity contribution is 0.508. The minimum absolute atomic E-state index is 0.0205. The molecule has 0 N–H and O–H groups in total. The van der Waals surface area contributed by atoms with Crippen molar-refractivity contribution in [2.45, 2.75) is 50.1 Å². The average Bonchev–Trinajstić information content (AvgIpc) is 3.42. The molecule has 6 nitrogen and oxygen atoms in total. The van der Waals surface area contributed by atoms with Crippen LogP contribution >= 0.6 is 23.1 Å². The van der Waals surface area contributed by atoms with E-state index in [2.05, 4.69) is 23.7 Å². The molecule has 1 aliphatic rings. The van der Waals surface area contributed by atoms with E-state index in [1.165, 1.54) is 22.2 Å². The minimum atomic E-state index is -0.157. The largest absolute Gasteiger partial charge is 0.419 e. The quantitative estimate of drug-likeness (QED) is 0.208. The zero-order chi connectivity index (χ0) is 22.2. The van der Waals surface area contributed by atoms with Gasteiger partial charge in [-0.25, -0.2) is 4.98 Å². The molecular formula is C24H24N4O2S2. The van der Waals surface area contributed by atoms with Crippen molar-refractivity contribution >= 4 is 33.3 Å². The van der Waals surface area contributed by atoms with Crippen LogP contribution in [-0.4, -0.2) is 19.7 Å². The standard InChI is InChI=1S/C24H24N4O2S2/c1-4-12-28-23(29)19-17-11-10-14(2)13-18(17)32-22(19)25-24(28)31-15(3)20-26-27-21(30-20)16-8-6-5-7-9-16/h4-9,14-15H,1,10-13H2,2-3H3. The number of nitrogens with zero attached hydrogens (tertiary/aromatic N) is 4. The Bertz CT molecular complexity index is 1340. The van der Waals surface area contributed by atoms with Crippen molar-refractivity contribution in [3.63, 3.8) is 0 Å². The third kappa shape index (κ3) is 3.82. The van der Waals surface area contributed by atoms with Gasteiger partial charge in [0, 0.05) is 17.0 Å². The zero-order valence-corrected chi connectivity index (χ0v) is 19.7. The third-order valence-corrected chi connectivity index (χ3v) is 8.01. The van der Waals surface area contributed by atoms with Gasteiger partial charge >= 0.3 is 0 Å². The molecule has 4 aromatic rings. The highest BCUT2D eigenvalue weighted by Gasteiger charge is 2.26. The lowest BCUT2D eigenvalue weighted by atomic mass is 9.89. The lowest BCUT2D eigenvalue weighted by Gasteiger charge is -2.17. The van der Waals surface area contributed by atoms with Crippen LogP contribution in [0.5, 0.6) is 0 Å². The smallest absolute Gasteiger partial charge is 0.263 e. The van der Waals surface area contributed by atoms with E-state index >= 15 is 0 Å². The molecule has 2 atom stereocenters. The monoisotopic (exact) mass is 464 g/mol. The molecule has 8 heteroatoms. The lowest BCUT2D eigenvalue weighted by Crippen LogP contribution is -2.23. The second kappa shape index (κ2) is 8.67. The summed E-state index contributed by atoms with van der Waals surface area (Å²) in [7, 11) is 0. The fraction of sp³-hybridized carbons (Fsp3) is 0.333. The molecule has 0 saturated carbocycles. The molecule has 5 rings (SSSR count). The number of aromatic nitrogens is 4. The second-order valence-electron chi connectivity index (χ2n) is 8.20. The molecule has 0 amide bonds. The van der Waals surface area contributed by atoms with Gasteiger partial charge in [0.2, 0.25) is 11.8 Å². The van der Waals surface area contributed by atoms with E-state index in [-0.39, 0.29) is 10.8 Å². The van der Waals surface area contributed by atoms with Gasteiger partial charge in [-0.15, -0.1) is 28.1 Å². The highest BCUT2D eigenvalue weighted by atomic mass is 32.2. The maximum Gasteiger partial charge on any atom is 0.263 e. The van der Waals surface area contributed by atoms with Crippen molar-refractivity contribution in [1.29, 1.82) is 0 Å². The second-order valence-corrected chi connectivity index (χ2v) is 10.6. The number of hydrogen-bond donors (Lipinski definition) is 0. The third-order valence-electron chi connectivity index (χ3n) is 5.78. The first-order valence-corrected chi connectivity index (χ1v) is 12.5. The number of aryl methyl sites for hydroxylation is 1. The summed E-state index contributed by atoms with van der Waals surface area (Å²) in [5.41, 5.74) is 2.10. The van der Waals surface area contributed by atoms with Crippen LogP contribution in [0.15, 0.2) is 57.4 Å². The number of rotatable bonds is 6. The fourth-order valence-corrected chi connectivity index (χ4v) is 6.46. The van der Waals surface area contributed by atoms with Crippen molar-refractivity contribution in [2.75, 3.05) is 0 Å². The Kier molecular flexibility index (Phi) is 5.73.